The summed E-state index contributed by atoms with van der Waals surface area (Å²) in [6.07, 6.45) is 6.84. The van der Waals surface area contributed by atoms with Crippen LogP contribution in [0.3, 0.4) is 0 Å². The van der Waals surface area contributed by atoms with E-state index >= 15 is 0 Å². The molecule has 1 aromatic rings. The Morgan fingerprint density at radius 1 is 1.50 bits per heavy atom. The summed E-state index contributed by atoms with van der Waals surface area (Å²) in [7, 11) is 0. The van der Waals surface area contributed by atoms with Gasteiger partial charge in [-0.25, -0.2) is 0 Å². The highest BCUT2D eigenvalue weighted by atomic mass is 79.9. The molecule has 2 rings (SSSR count). The summed E-state index contributed by atoms with van der Waals surface area (Å²) in [5.41, 5.74) is 1.38. The van der Waals surface area contributed by atoms with E-state index in [4.69, 9.17) is 0 Å². The molecule has 0 spiro atoms. The van der Waals surface area contributed by atoms with Gasteiger partial charge in [-0.2, -0.15) is 5.10 Å². The fourth-order valence-corrected chi connectivity index (χ4v) is 2.81. The zero-order valence-electron chi connectivity index (χ0n) is 9.88. The molecule has 0 unspecified atom stereocenters. The molecule has 1 saturated heterocycles. The highest BCUT2D eigenvalue weighted by Crippen LogP contribution is 2.24. The minimum absolute atomic E-state index is 0.824. The van der Waals surface area contributed by atoms with Crippen molar-refractivity contribution in [1.82, 2.24) is 15.1 Å². The molecule has 0 saturated carbocycles. The Labute approximate surface area is 106 Å². The molecule has 0 atom stereocenters. The maximum atomic E-state index is 4.43. The fraction of sp³-hybridized carbons (Fsp3) is 0.750. The second-order valence-corrected chi connectivity index (χ2v) is 5.41. The molecule has 1 aliphatic rings. The zero-order chi connectivity index (χ0) is 11.4. The van der Waals surface area contributed by atoms with E-state index in [0.717, 1.165) is 18.9 Å². The Morgan fingerprint density at radius 3 is 2.94 bits per heavy atom. The number of aryl methyl sites for hydroxylation is 1. The Hall–Kier alpha value is -0.350. The minimum atomic E-state index is 0.824. The van der Waals surface area contributed by atoms with Gasteiger partial charge in [-0.1, -0.05) is 6.92 Å². The normalized spacial score (nSPS) is 17.9. The number of piperidine rings is 1. The predicted molar refractivity (Wildman–Crippen MR) is 69.5 cm³/mol. The Bertz CT molecular complexity index is 329. The molecule has 1 fully saturated rings. The van der Waals surface area contributed by atoms with Gasteiger partial charge in [0.25, 0.3) is 0 Å². The van der Waals surface area contributed by atoms with Crippen molar-refractivity contribution in [2.24, 2.45) is 5.92 Å². The molecule has 0 aromatic carbocycles. The van der Waals surface area contributed by atoms with Crippen LogP contribution in [-0.4, -0.2) is 22.9 Å². The van der Waals surface area contributed by atoms with Crippen LogP contribution < -0.4 is 5.32 Å². The van der Waals surface area contributed by atoms with Crippen LogP contribution in [0.4, 0.5) is 0 Å². The molecular weight excluding hydrogens is 266 g/mol. The smallest absolute Gasteiger partial charge is 0.0635 e. The van der Waals surface area contributed by atoms with E-state index in [-0.39, 0.29) is 0 Å². The van der Waals surface area contributed by atoms with Crippen LogP contribution in [-0.2, 0) is 13.0 Å². The highest BCUT2D eigenvalue weighted by molar-refractivity contribution is 9.10. The van der Waals surface area contributed by atoms with Crippen LogP contribution in [0, 0.1) is 5.92 Å². The summed E-state index contributed by atoms with van der Waals surface area (Å²) in [5.74, 6) is 0.824. The number of hydrogen-bond donors (Lipinski definition) is 1. The third-order valence-corrected chi connectivity index (χ3v) is 3.94. The first-order chi connectivity index (χ1) is 7.81. The van der Waals surface area contributed by atoms with E-state index in [9.17, 15) is 0 Å². The van der Waals surface area contributed by atoms with Crippen LogP contribution >= 0.6 is 15.9 Å². The summed E-state index contributed by atoms with van der Waals surface area (Å²) >= 11 is 3.61. The Morgan fingerprint density at radius 2 is 2.25 bits per heavy atom. The van der Waals surface area contributed by atoms with Crippen molar-refractivity contribution in [3.05, 3.63) is 16.4 Å². The summed E-state index contributed by atoms with van der Waals surface area (Å²) < 4.78 is 3.34. The lowest BCUT2D eigenvalue weighted by molar-refractivity contribution is 0.362. The molecule has 4 heteroatoms. The molecule has 2 heterocycles. The van der Waals surface area contributed by atoms with Crippen LogP contribution in [0.2, 0.25) is 0 Å². The van der Waals surface area contributed by atoms with Crippen molar-refractivity contribution < 1.29 is 0 Å². The molecule has 1 aromatic heterocycles. The molecule has 16 heavy (non-hydrogen) atoms. The number of rotatable bonds is 4. The second-order valence-electron chi connectivity index (χ2n) is 4.56. The van der Waals surface area contributed by atoms with E-state index in [1.165, 1.54) is 42.5 Å². The first-order valence-corrected chi connectivity index (χ1v) is 7.01. The van der Waals surface area contributed by atoms with Gasteiger partial charge in [0.1, 0.15) is 0 Å². The Kier molecular flexibility index (Phi) is 4.41. The molecule has 0 radical (unpaired) electrons. The lowest BCUT2D eigenvalue weighted by Crippen LogP contribution is -2.29. The molecular formula is C12H20BrN3. The van der Waals surface area contributed by atoms with E-state index in [2.05, 4.69) is 38.0 Å². The van der Waals surface area contributed by atoms with Gasteiger partial charge in [0, 0.05) is 6.54 Å². The lowest BCUT2D eigenvalue weighted by Gasteiger charge is -2.23. The van der Waals surface area contributed by atoms with Crippen LogP contribution in [0.15, 0.2) is 10.7 Å². The first-order valence-electron chi connectivity index (χ1n) is 6.22. The second kappa shape index (κ2) is 5.82. The molecule has 1 aliphatic heterocycles. The Balaban J connectivity index is 2.03. The van der Waals surface area contributed by atoms with Gasteiger partial charge in [-0.3, -0.25) is 4.68 Å². The number of hydrogen-bond acceptors (Lipinski definition) is 2. The van der Waals surface area contributed by atoms with Gasteiger partial charge in [0.15, 0.2) is 0 Å². The van der Waals surface area contributed by atoms with Crippen molar-refractivity contribution in [1.29, 1.82) is 0 Å². The molecule has 0 amide bonds. The third kappa shape index (κ3) is 2.86. The van der Waals surface area contributed by atoms with Crippen molar-refractivity contribution in [2.75, 3.05) is 13.1 Å². The van der Waals surface area contributed by atoms with Crippen molar-refractivity contribution >= 4 is 15.9 Å². The highest BCUT2D eigenvalue weighted by Gasteiger charge is 2.17. The maximum absolute atomic E-state index is 4.43. The molecule has 0 aliphatic carbocycles. The molecule has 1 N–H and O–H groups in total. The van der Waals surface area contributed by atoms with E-state index in [1.807, 2.05) is 6.20 Å². The van der Waals surface area contributed by atoms with E-state index in [1.54, 1.807) is 0 Å². The molecule has 3 nitrogen and oxygen atoms in total. The number of aromatic nitrogens is 2. The van der Waals surface area contributed by atoms with Crippen LogP contribution in [0.5, 0.6) is 0 Å². The number of nitrogens with zero attached hydrogens (tertiary/aromatic N) is 2. The van der Waals surface area contributed by atoms with Gasteiger partial charge in [-0.15, -0.1) is 0 Å². The molecule has 90 valence electrons. The quantitative estimate of drug-likeness (QED) is 0.922. The summed E-state index contributed by atoms with van der Waals surface area (Å²) in [4.78, 5) is 0. The monoisotopic (exact) mass is 285 g/mol. The average molecular weight is 286 g/mol. The fourth-order valence-electron chi connectivity index (χ4n) is 2.35. The van der Waals surface area contributed by atoms with Crippen molar-refractivity contribution in [3.63, 3.8) is 0 Å². The third-order valence-electron chi connectivity index (χ3n) is 3.27. The lowest BCUT2D eigenvalue weighted by atomic mass is 9.93. The standard InChI is InChI=1S/C12H20BrN3/c1-2-7-16-12(11(13)9-15-16)8-10-3-5-14-6-4-10/h9-10,14H,2-8H2,1H3. The number of halogens is 1. The summed E-state index contributed by atoms with van der Waals surface area (Å²) in [6.45, 7) is 5.57. The summed E-state index contributed by atoms with van der Waals surface area (Å²) in [5, 5.41) is 7.84. The first kappa shape index (κ1) is 12.1. The molecule has 0 bridgehead atoms. The van der Waals surface area contributed by atoms with Crippen LogP contribution in [0.1, 0.15) is 31.9 Å². The maximum Gasteiger partial charge on any atom is 0.0635 e. The van der Waals surface area contributed by atoms with E-state index in [0.29, 0.717) is 0 Å². The largest absolute Gasteiger partial charge is 0.317 e. The van der Waals surface area contributed by atoms with Crippen molar-refractivity contribution in [2.45, 2.75) is 39.2 Å². The zero-order valence-corrected chi connectivity index (χ0v) is 11.5. The van der Waals surface area contributed by atoms with E-state index < -0.39 is 0 Å². The van der Waals surface area contributed by atoms with Gasteiger partial charge in [0.2, 0.25) is 0 Å². The number of nitrogens with one attached hydrogen (secondary N) is 1. The minimum Gasteiger partial charge on any atom is -0.317 e. The SMILES string of the molecule is CCCn1ncc(Br)c1CC1CCNCC1. The summed E-state index contributed by atoms with van der Waals surface area (Å²) in [6, 6.07) is 0. The van der Waals surface area contributed by atoms with Crippen molar-refractivity contribution in [3.8, 4) is 0 Å². The van der Waals surface area contributed by atoms with Gasteiger partial charge >= 0.3 is 0 Å². The predicted octanol–water partition coefficient (Wildman–Crippen LogP) is 2.60. The average Bonchev–Trinajstić information content (AvgIpc) is 2.64. The van der Waals surface area contributed by atoms with Crippen LogP contribution in [0.25, 0.3) is 0 Å². The van der Waals surface area contributed by atoms with Gasteiger partial charge in [0.05, 0.1) is 16.4 Å². The van der Waals surface area contributed by atoms with Gasteiger partial charge in [-0.05, 0) is 60.6 Å². The van der Waals surface area contributed by atoms with Gasteiger partial charge < -0.3 is 5.32 Å². The topological polar surface area (TPSA) is 29.9 Å².